The number of amides is 1. The molecule has 36 heavy (non-hydrogen) atoms. The number of para-hydroxylation sites is 1. The molecule has 0 saturated carbocycles. The zero-order valence-electron chi connectivity index (χ0n) is 21.8. The van der Waals surface area contributed by atoms with E-state index in [4.69, 9.17) is 0 Å². The number of hydrogen-bond donors (Lipinski definition) is 0. The molecule has 1 aliphatic rings. The van der Waals surface area contributed by atoms with E-state index < -0.39 is 0 Å². The number of fused-ring (bicyclic) bond motifs is 1. The Balaban J connectivity index is 1.51. The number of benzene rings is 3. The molecule has 1 fully saturated rings. The molecule has 1 amide bonds. The van der Waals surface area contributed by atoms with Crippen LogP contribution in [0.5, 0.6) is 0 Å². The molecular formula is C32H37N3O. The van der Waals surface area contributed by atoms with Gasteiger partial charge in [0.15, 0.2) is 0 Å². The lowest BCUT2D eigenvalue weighted by molar-refractivity contribution is -0.133. The van der Waals surface area contributed by atoms with Crippen molar-refractivity contribution in [1.29, 1.82) is 0 Å². The number of piperazine rings is 1. The zero-order chi connectivity index (χ0) is 25.1. The van der Waals surface area contributed by atoms with Gasteiger partial charge < -0.3 is 14.4 Å². The number of aromatic nitrogens is 1. The quantitative estimate of drug-likeness (QED) is 0.326. The molecule has 0 N–H and O–H groups in total. The Morgan fingerprint density at radius 3 is 2.33 bits per heavy atom. The van der Waals surface area contributed by atoms with Gasteiger partial charge in [-0.15, -0.1) is 0 Å². The lowest BCUT2D eigenvalue weighted by atomic mass is 9.87. The van der Waals surface area contributed by atoms with Gasteiger partial charge in [-0.1, -0.05) is 84.8 Å². The van der Waals surface area contributed by atoms with Crippen LogP contribution in [-0.2, 0) is 11.3 Å². The molecule has 4 aromatic rings. The number of carbonyl (C=O) groups excluding carboxylic acids is 1. The highest BCUT2D eigenvalue weighted by molar-refractivity contribution is 5.87. The minimum atomic E-state index is 0.0192. The Hall–Kier alpha value is -3.37. The van der Waals surface area contributed by atoms with Gasteiger partial charge in [0.05, 0.1) is 0 Å². The van der Waals surface area contributed by atoms with Gasteiger partial charge in [-0.25, -0.2) is 0 Å². The number of carbonyl (C=O) groups is 1. The van der Waals surface area contributed by atoms with Gasteiger partial charge in [0.1, 0.15) is 0 Å². The first-order valence-electron chi connectivity index (χ1n) is 13.2. The molecule has 0 spiro atoms. The third-order valence-corrected chi connectivity index (χ3v) is 7.66. The predicted octanol–water partition coefficient (Wildman–Crippen LogP) is 5.99. The van der Waals surface area contributed by atoms with E-state index in [2.05, 4.69) is 114 Å². The molecule has 0 aliphatic carbocycles. The topological polar surface area (TPSA) is 28.5 Å². The standard InChI is InChI=1S/C32H37N3O/c1-4-33-16-18-34(19-17-33)32(36)21-29(27-9-7-8-25(3)20-27)30-23-35(31-11-6-5-10-28(30)31)22-26-14-12-24(2)13-15-26/h5-15,20,23,29H,4,16-19,21-22H2,1-3H3. The van der Waals surface area contributed by atoms with Crippen LogP contribution in [0, 0.1) is 13.8 Å². The first kappa shape index (κ1) is 24.3. The second kappa shape index (κ2) is 10.7. The maximum atomic E-state index is 13.6. The molecule has 0 bridgehead atoms. The Bertz CT molecular complexity index is 1330. The third-order valence-electron chi connectivity index (χ3n) is 7.66. The van der Waals surface area contributed by atoms with E-state index in [1.807, 2.05) is 0 Å². The molecule has 4 nitrogen and oxygen atoms in total. The SMILES string of the molecule is CCN1CCN(C(=O)CC(c2cccc(C)c2)c2cn(Cc3ccc(C)cc3)c3ccccc23)CC1. The largest absolute Gasteiger partial charge is 0.343 e. The van der Waals surface area contributed by atoms with Crippen LogP contribution in [-0.4, -0.2) is 53.0 Å². The molecule has 5 rings (SSSR count). The third kappa shape index (κ3) is 5.24. The first-order chi connectivity index (χ1) is 17.5. The average Bonchev–Trinajstić information content (AvgIpc) is 3.26. The first-order valence-corrected chi connectivity index (χ1v) is 13.2. The fourth-order valence-electron chi connectivity index (χ4n) is 5.49. The van der Waals surface area contributed by atoms with Crippen molar-refractivity contribution in [3.63, 3.8) is 0 Å². The highest BCUT2D eigenvalue weighted by Gasteiger charge is 2.27. The van der Waals surface area contributed by atoms with Gasteiger partial charge in [0, 0.05) is 62.2 Å². The summed E-state index contributed by atoms with van der Waals surface area (Å²) >= 11 is 0. The Kier molecular flexibility index (Phi) is 7.24. The van der Waals surface area contributed by atoms with Crippen LogP contribution in [0.4, 0.5) is 0 Å². The van der Waals surface area contributed by atoms with Crippen LogP contribution in [0.15, 0.2) is 79.0 Å². The van der Waals surface area contributed by atoms with Crippen molar-refractivity contribution in [2.24, 2.45) is 0 Å². The summed E-state index contributed by atoms with van der Waals surface area (Å²) < 4.78 is 2.35. The molecule has 1 aromatic heterocycles. The van der Waals surface area contributed by atoms with Crippen LogP contribution in [0.1, 0.15) is 47.1 Å². The summed E-state index contributed by atoms with van der Waals surface area (Å²) in [4.78, 5) is 18.1. The number of hydrogen-bond acceptors (Lipinski definition) is 2. The van der Waals surface area contributed by atoms with Crippen molar-refractivity contribution in [1.82, 2.24) is 14.4 Å². The van der Waals surface area contributed by atoms with Gasteiger partial charge in [0.2, 0.25) is 5.91 Å². The summed E-state index contributed by atoms with van der Waals surface area (Å²) in [6.07, 6.45) is 2.79. The summed E-state index contributed by atoms with van der Waals surface area (Å²) in [6.45, 7) is 11.9. The Morgan fingerprint density at radius 2 is 1.61 bits per heavy atom. The normalized spacial score (nSPS) is 15.4. The molecule has 0 radical (unpaired) electrons. The minimum Gasteiger partial charge on any atom is -0.343 e. The van der Waals surface area contributed by atoms with E-state index in [0.29, 0.717) is 6.42 Å². The monoisotopic (exact) mass is 479 g/mol. The molecule has 1 aliphatic heterocycles. The summed E-state index contributed by atoms with van der Waals surface area (Å²) in [5.74, 6) is 0.276. The Morgan fingerprint density at radius 1 is 0.861 bits per heavy atom. The molecule has 1 atom stereocenters. The molecule has 1 unspecified atom stereocenters. The molecule has 4 heteroatoms. The smallest absolute Gasteiger partial charge is 0.223 e. The van der Waals surface area contributed by atoms with Crippen LogP contribution in [0.2, 0.25) is 0 Å². The van der Waals surface area contributed by atoms with Crippen LogP contribution in [0.3, 0.4) is 0 Å². The van der Waals surface area contributed by atoms with E-state index >= 15 is 0 Å². The summed E-state index contributed by atoms with van der Waals surface area (Å²) in [5, 5.41) is 1.24. The van der Waals surface area contributed by atoms with Crippen LogP contribution < -0.4 is 0 Å². The van der Waals surface area contributed by atoms with Crippen molar-refractivity contribution >= 4 is 16.8 Å². The summed E-state index contributed by atoms with van der Waals surface area (Å²) in [5.41, 5.74) is 7.46. The minimum absolute atomic E-state index is 0.0192. The molecular weight excluding hydrogens is 442 g/mol. The fourth-order valence-corrected chi connectivity index (χ4v) is 5.49. The lowest BCUT2D eigenvalue weighted by Crippen LogP contribution is -2.48. The van der Waals surface area contributed by atoms with Crippen molar-refractivity contribution in [2.45, 2.75) is 39.7 Å². The van der Waals surface area contributed by atoms with Crippen molar-refractivity contribution < 1.29 is 4.79 Å². The average molecular weight is 480 g/mol. The highest BCUT2D eigenvalue weighted by Crippen LogP contribution is 2.36. The van der Waals surface area contributed by atoms with Crippen molar-refractivity contribution in [3.05, 3.63) is 107 Å². The van der Waals surface area contributed by atoms with E-state index in [0.717, 1.165) is 39.3 Å². The van der Waals surface area contributed by atoms with Crippen LogP contribution >= 0.6 is 0 Å². The van der Waals surface area contributed by atoms with Gasteiger partial charge in [0.25, 0.3) is 0 Å². The van der Waals surface area contributed by atoms with Gasteiger partial charge in [-0.3, -0.25) is 4.79 Å². The number of likely N-dealkylation sites (N-methyl/N-ethyl adjacent to an activating group) is 1. The second-order valence-corrected chi connectivity index (χ2v) is 10.2. The van der Waals surface area contributed by atoms with Gasteiger partial charge in [-0.05, 0) is 43.1 Å². The number of rotatable bonds is 7. The molecule has 2 heterocycles. The van der Waals surface area contributed by atoms with Crippen molar-refractivity contribution in [2.75, 3.05) is 32.7 Å². The highest BCUT2D eigenvalue weighted by atomic mass is 16.2. The fraction of sp³-hybridized carbons (Fsp3) is 0.344. The number of nitrogens with zero attached hydrogens (tertiary/aromatic N) is 3. The summed E-state index contributed by atoms with van der Waals surface area (Å²) in [6, 6.07) is 26.1. The lowest BCUT2D eigenvalue weighted by Gasteiger charge is -2.35. The van der Waals surface area contributed by atoms with Gasteiger partial charge in [-0.2, -0.15) is 0 Å². The molecule has 1 saturated heterocycles. The van der Waals surface area contributed by atoms with E-state index in [9.17, 15) is 4.79 Å². The van der Waals surface area contributed by atoms with Gasteiger partial charge >= 0.3 is 0 Å². The maximum Gasteiger partial charge on any atom is 0.223 e. The maximum absolute atomic E-state index is 13.6. The van der Waals surface area contributed by atoms with Crippen molar-refractivity contribution in [3.8, 4) is 0 Å². The Labute approximate surface area is 215 Å². The molecule has 186 valence electrons. The zero-order valence-corrected chi connectivity index (χ0v) is 21.8. The summed E-state index contributed by atoms with van der Waals surface area (Å²) in [7, 11) is 0. The number of aryl methyl sites for hydroxylation is 2. The van der Waals surface area contributed by atoms with E-state index in [1.54, 1.807) is 0 Å². The molecule has 3 aromatic carbocycles. The second-order valence-electron chi connectivity index (χ2n) is 10.2. The predicted molar refractivity (Wildman–Crippen MR) is 149 cm³/mol. The van der Waals surface area contributed by atoms with Crippen LogP contribution in [0.25, 0.3) is 10.9 Å². The van der Waals surface area contributed by atoms with E-state index in [1.165, 1.54) is 38.7 Å². The van der Waals surface area contributed by atoms with E-state index in [-0.39, 0.29) is 11.8 Å².